The van der Waals surface area contributed by atoms with Crippen LogP contribution in [0, 0.1) is 0 Å². The minimum atomic E-state index is -0.531. The van der Waals surface area contributed by atoms with Crippen molar-refractivity contribution >= 4 is 33.8 Å². The molecule has 0 fully saturated rings. The third-order valence-electron chi connectivity index (χ3n) is 4.37. The van der Waals surface area contributed by atoms with Crippen LogP contribution in [0.1, 0.15) is 18.5 Å². The maximum atomic E-state index is 12.0. The molecule has 5 N–H and O–H groups in total. The van der Waals surface area contributed by atoms with Crippen LogP contribution >= 0.6 is 0 Å². The van der Waals surface area contributed by atoms with Crippen molar-refractivity contribution in [2.75, 3.05) is 16.4 Å². The molecule has 4 aromatic rings. The zero-order chi connectivity index (χ0) is 18.3. The monoisotopic (exact) mass is 347 g/mol. The van der Waals surface area contributed by atoms with Gasteiger partial charge in [-0.2, -0.15) is 0 Å². The van der Waals surface area contributed by atoms with Gasteiger partial charge in [-0.05, 0) is 42.8 Å². The highest BCUT2D eigenvalue weighted by atomic mass is 16.2. The summed E-state index contributed by atoms with van der Waals surface area (Å²) in [5.74, 6) is 0. The number of aromatic nitrogens is 2. The van der Waals surface area contributed by atoms with E-state index in [4.69, 9.17) is 5.73 Å². The van der Waals surface area contributed by atoms with E-state index in [2.05, 4.69) is 20.6 Å². The first-order chi connectivity index (χ1) is 12.5. The Hall–Kier alpha value is -3.61. The molecule has 0 aliphatic carbocycles. The molecule has 0 saturated carbocycles. The lowest BCUT2D eigenvalue weighted by Crippen LogP contribution is -2.37. The average molecular weight is 347 g/mol. The fourth-order valence-corrected chi connectivity index (χ4v) is 2.93. The summed E-state index contributed by atoms with van der Waals surface area (Å²) in [4.78, 5) is 31.2. The number of nitrogens with two attached hydrogens (primary N) is 1. The van der Waals surface area contributed by atoms with Gasteiger partial charge in [-0.1, -0.05) is 12.1 Å². The van der Waals surface area contributed by atoms with E-state index >= 15 is 0 Å². The molecular formula is C19H17N5O2. The highest BCUT2D eigenvalue weighted by molar-refractivity contribution is 5.84. The highest BCUT2D eigenvalue weighted by Crippen LogP contribution is 2.26. The molecule has 3 aromatic carbocycles. The smallest absolute Gasteiger partial charge is 0.253 e. The van der Waals surface area contributed by atoms with Gasteiger partial charge in [0.2, 0.25) is 0 Å². The molecule has 4 rings (SSSR count). The third kappa shape index (κ3) is 2.69. The summed E-state index contributed by atoms with van der Waals surface area (Å²) in [6.07, 6.45) is 1.60. The summed E-state index contributed by atoms with van der Waals surface area (Å²) >= 11 is 0. The molecule has 1 heterocycles. The van der Waals surface area contributed by atoms with E-state index in [1.54, 1.807) is 12.4 Å². The van der Waals surface area contributed by atoms with Gasteiger partial charge in [-0.15, -0.1) is 0 Å². The van der Waals surface area contributed by atoms with E-state index in [-0.39, 0.29) is 17.4 Å². The fraction of sp³-hybridized carbons (Fsp3) is 0.105. The molecule has 0 saturated heterocycles. The largest absolute Gasteiger partial charge is 0.399 e. The van der Waals surface area contributed by atoms with Crippen molar-refractivity contribution in [2.24, 2.45) is 0 Å². The maximum absolute atomic E-state index is 12.0. The number of nitrogens with zero attached hydrogens (tertiary/aromatic N) is 1. The number of anilines is 4. The van der Waals surface area contributed by atoms with Gasteiger partial charge in [0.05, 0.1) is 17.4 Å². The molecule has 0 amide bonds. The van der Waals surface area contributed by atoms with Gasteiger partial charge in [0.15, 0.2) is 0 Å². The van der Waals surface area contributed by atoms with E-state index in [1.807, 2.05) is 43.3 Å². The van der Waals surface area contributed by atoms with Crippen LogP contribution in [0.5, 0.6) is 0 Å². The molecule has 0 unspecified atom stereocenters. The van der Waals surface area contributed by atoms with E-state index in [1.165, 1.54) is 0 Å². The summed E-state index contributed by atoms with van der Waals surface area (Å²) < 4.78 is 0. The Kier molecular flexibility index (Phi) is 3.69. The van der Waals surface area contributed by atoms with Gasteiger partial charge in [-0.3, -0.25) is 9.59 Å². The van der Waals surface area contributed by atoms with Crippen molar-refractivity contribution in [3.63, 3.8) is 0 Å². The molecule has 0 spiro atoms. The molecular weight excluding hydrogens is 330 g/mol. The fourth-order valence-electron chi connectivity index (χ4n) is 2.93. The first-order valence-electron chi connectivity index (χ1n) is 8.18. The quantitative estimate of drug-likeness (QED) is 0.326. The highest BCUT2D eigenvalue weighted by Gasteiger charge is 2.23. The first kappa shape index (κ1) is 15.9. The topological polar surface area (TPSA) is 113 Å². The summed E-state index contributed by atoms with van der Waals surface area (Å²) in [5.41, 5.74) is 9.26. The molecule has 0 aliphatic heterocycles. The number of nitrogen functional groups attached to an aromatic ring is 1. The molecule has 0 aliphatic rings. The lowest BCUT2D eigenvalue weighted by molar-refractivity contribution is 0.880. The molecule has 1 atom stereocenters. The summed E-state index contributed by atoms with van der Waals surface area (Å²) in [5, 5.41) is 6.15. The zero-order valence-electron chi connectivity index (χ0n) is 14.0. The molecule has 7 nitrogen and oxygen atoms in total. The van der Waals surface area contributed by atoms with Crippen LogP contribution in [0.3, 0.4) is 0 Å². The molecule has 0 bridgehead atoms. The molecule has 130 valence electrons. The third-order valence-corrected chi connectivity index (χ3v) is 4.37. The SMILES string of the molecule is C[C@@H](Nc1c(Nc2ccc3nc[nH]c3c2)c(=O)c1=O)c1cccc(N)c1. The molecule has 0 radical (unpaired) electrons. The van der Waals surface area contributed by atoms with E-state index in [0.29, 0.717) is 11.4 Å². The number of aromatic amines is 1. The van der Waals surface area contributed by atoms with Crippen molar-refractivity contribution in [3.05, 3.63) is 74.8 Å². The number of H-pyrrole nitrogens is 1. The van der Waals surface area contributed by atoms with Gasteiger partial charge in [0.1, 0.15) is 11.4 Å². The van der Waals surface area contributed by atoms with Gasteiger partial charge in [0, 0.05) is 17.4 Å². The van der Waals surface area contributed by atoms with Gasteiger partial charge in [-0.25, -0.2) is 4.98 Å². The molecule has 26 heavy (non-hydrogen) atoms. The molecule has 1 aromatic heterocycles. The normalized spacial score (nSPS) is 12.3. The van der Waals surface area contributed by atoms with E-state index < -0.39 is 10.9 Å². The number of hydrogen-bond donors (Lipinski definition) is 4. The van der Waals surface area contributed by atoms with Crippen molar-refractivity contribution in [3.8, 4) is 0 Å². The number of hydrogen-bond acceptors (Lipinski definition) is 6. The van der Waals surface area contributed by atoms with E-state index in [9.17, 15) is 9.59 Å². The van der Waals surface area contributed by atoms with Crippen molar-refractivity contribution < 1.29 is 0 Å². The van der Waals surface area contributed by atoms with Crippen LogP contribution < -0.4 is 27.2 Å². The van der Waals surface area contributed by atoms with Crippen LogP contribution in [0.25, 0.3) is 11.0 Å². The standard InChI is InChI=1S/C19H17N5O2/c1-10(11-3-2-4-12(20)7-11)23-16-17(19(26)18(16)25)24-13-5-6-14-15(8-13)22-9-21-14/h2-10,23-24H,20H2,1H3,(H,21,22)/t10-/m1/s1. The lowest BCUT2D eigenvalue weighted by Gasteiger charge is -2.20. The Morgan fingerprint density at radius 3 is 2.69 bits per heavy atom. The Balaban J connectivity index is 1.59. The number of benzene rings is 2. The van der Waals surface area contributed by atoms with Crippen LogP contribution in [0.2, 0.25) is 0 Å². The summed E-state index contributed by atoms with van der Waals surface area (Å²) in [6, 6.07) is 12.7. The van der Waals surface area contributed by atoms with Crippen LogP contribution in [-0.2, 0) is 0 Å². The Morgan fingerprint density at radius 2 is 1.88 bits per heavy atom. The number of imidazole rings is 1. The second kappa shape index (κ2) is 6.03. The summed E-state index contributed by atoms with van der Waals surface area (Å²) in [6.45, 7) is 1.91. The minimum Gasteiger partial charge on any atom is -0.399 e. The minimum absolute atomic E-state index is 0.169. The number of nitrogens with one attached hydrogen (secondary N) is 3. The predicted octanol–water partition coefficient (Wildman–Crippen LogP) is 2.66. The van der Waals surface area contributed by atoms with Crippen molar-refractivity contribution in [1.82, 2.24) is 9.97 Å². The lowest BCUT2D eigenvalue weighted by atomic mass is 10.1. The number of rotatable bonds is 5. The Labute approximate surface area is 148 Å². The van der Waals surface area contributed by atoms with Gasteiger partial charge in [0.25, 0.3) is 10.9 Å². The Morgan fingerprint density at radius 1 is 1.08 bits per heavy atom. The van der Waals surface area contributed by atoms with Crippen molar-refractivity contribution in [2.45, 2.75) is 13.0 Å². The van der Waals surface area contributed by atoms with Gasteiger partial charge < -0.3 is 21.4 Å². The number of fused-ring (bicyclic) bond motifs is 1. The average Bonchev–Trinajstić information content (AvgIpc) is 3.11. The van der Waals surface area contributed by atoms with Crippen LogP contribution in [0.4, 0.5) is 22.7 Å². The zero-order valence-corrected chi connectivity index (χ0v) is 14.0. The molecule has 7 heteroatoms. The maximum Gasteiger partial charge on any atom is 0.253 e. The first-order valence-corrected chi connectivity index (χ1v) is 8.18. The van der Waals surface area contributed by atoms with Crippen LogP contribution in [-0.4, -0.2) is 9.97 Å². The predicted molar refractivity (Wildman–Crippen MR) is 104 cm³/mol. The Bertz CT molecular complexity index is 1170. The summed E-state index contributed by atoms with van der Waals surface area (Å²) in [7, 11) is 0. The van der Waals surface area contributed by atoms with Gasteiger partial charge >= 0.3 is 0 Å². The van der Waals surface area contributed by atoms with E-state index in [0.717, 1.165) is 16.6 Å². The second-order valence-corrected chi connectivity index (χ2v) is 6.20. The van der Waals surface area contributed by atoms with Crippen LogP contribution in [0.15, 0.2) is 58.4 Å². The second-order valence-electron chi connectivity index (χ2n) is 6.20. The van der Waals surface area contributed by atoms with Crippen molar-refractivity contribution in [1.29, 1.82) is 0 Å².